The summed E-state index contributed by atoms with van der Waals surface area (Å²) in [7, 11) is 1.56. The summed E-state index contributed by atoms with van der Waals surface area (Å²) in [6, 6.07) is 0.112. The quantitative estimate of drug-likeness (QED) is 0.878. The molecule has 2 rings (SSSR count). The number of hydrogen-bond acceptors (Lipinski definition) is 4. The molecular formula is C14H24N2O3. The summed E-state index contributed by atoms with van der Waals surface area (Å²) < 4.78 is 7.01. The van der Waals surface area contributed by atoms with Crippen molar-refractivity contribution in [3.8, 4) is 5.75 Å². The lowest BCUT2D eigenvalue weighted by molar-refractivity contribution is -0.103. The largest absolute Gasteiger partial charge is 0.493 e. The van der Waals surface area contributed by atoms with Gasteiger partial charge in [-0.15, -0.1) is 0 Å². The van der Waals surface area contributed by atoms with Crippen LogP contribution in [0.1, 0.15) is 63.8 Å². The second-order valence-electron chi connectivity index (χ2n) is 5.70. The average Bonchev–Trinajstić information content (AvgIpc) is 2.82. The Balaban J connectivity index is 2.36. The van der Waals surface area contributed by atoms with Crippen molar-refractivity contribution in [1.82, 2.24) is 9.78 Å². The van der Waals surface area contributed by atoms with Crippen LogP contribution in [0, 0.1) is 0 Å². The lowest BCUT2D eigenvalue weighted by Gasteiger charge is -2.36. The van der Waals surface area contributed by atoms with Crippen LogP contribution in [0.15, 0.2) is 6.20 Å². The maximum Gasteiger partial charge on any atom is 0.162 e. The maximum atomic E-state index is 10.7. The molecule has 5 nitrogen and oxygen atoms in total. The van der Waals surface area contributed by atoms with E-state index in [-0.39, 0.29) is 6.04 Å². The van der Waals surface area contributed by atoms with Gasteiger partial charge in [-0.25, -0.2) is 0 Å². The first-order valence-electron chi connectivity index (χ1n) is 7.01. The van der Waals surface area contributed by atoms with Gasteiger partial charge in [-0.05, 0) is 26.7 Å². The minimum Gasteiger partial charge on any atom is -0.493 e. The molecule has 2 N–H and O–H groups in total. The van der Waals surface area contributed by atoms with Crippen LogP contribution in [0.25, 0.3) is 0 Å². The summed E-state index contributed by atoms with van der Waals surface area (Å²) >= 11 is 0. The lowest BCUT2D eigenvalue weighted by atomic mass is 9.79. The molecule has 0 aromatic carbocycles. The van der Waals surface area contributed by atoms with Gasteiger partial charge in [0.25, 0.3) is 0 Å². The highest BCUT2D eigenvalue weighted by Gasteiger charge is 2.41. The van der Waals surface area contributed by atoms with Crippen LogP contribution in [-0.4, -0.2) is 32.7 Å². The number of ether oxygens (including phenoxy) is 1. The molecule has 0 spiro atoms. The van der Waals surface area contributed by atoms with Crippen LogP contribution >= 0.6 is 0 Å². The van der Waals surface area contributed by atoms with Crippen LogP contribution < -0.4 is 4.74 Å². The Morgan fingerprint density at radius 2 is 1.95 bits per heavy atom. The van der Waals surface area contributed by atoms with Crippen LogP contribution in [-0.2, 0) is 0 Å². The Kier molecular flexibility index (Phi) is 4.16. The van der Waals surface area contributed by atoms with Gasteiger partial charge in [-0.3, -0.25) is 4.68 Å². The Morgan fingerprint density at radius 3 is 2.47 bits per heavy atom. The summed E-state index contributed by atoms with van der Waals surface area (Å²) in [5, 5.41) is 25.6. The van der Waals surface area contributed by atoms with Gasteiger partial charge in [0, 0.05) is 6.04 Å². The first kappa shape index (κ1) is 14.3. The van der Waals surface area contributed by atoms with Gasteiger partial charge in [0.15, 0.2) is 5.75 Å². The third kappa shape index (κ3) is 2.62. The summed E-state index contributed by atoms with van der Waals surface area (Å²) in [5.41, 5.74) is -0.472. The van der Waals surface area contributed by atoms with Crippen molar-refractivity contribution in [3.05, 3.63) is 11.9 Å². The number of aliphatic hydroxyl groups is 2. The fraction of sp³-hybridized carbons (Fsp3) is 0.786. The molecule has 1 saturated carbocycles. The molecule has 1 aliphatic rings. The van der Waals surface area contributed by atoms with Crippen molar-refractivity contribution in [1.29, 1.82) is 0 Å². The molecule has 19 heavy (non-hydrogen) atoms. The SMILES string of the molecule is COc1cnn(C(C)C)c1C(O)C1(O)CCCCC1. The van der Waals surface area contributed by atoms with Crippen molar-refractivity contribution < 1.29 is 14.9 Å². The Hall–Kier alpha value is -1.07. The molecule has 1 heterocycles. The smallest absolute Gasteiger partial charge is 0.162 e. The molecule has 5 heteroatoms. The highest BCUT2D eigenvalue weighted by atomic mass is 16.5. The molecule has 1 aliphatic carbocycles. The second kappa shape index (κ2) is 5.51. The Bertz CT molecular complexity index is 422. The maximum absolute atomic E-state index is 10.7. The molecule has 108 valence electrons. The van der Waals surface area contributed by atoms with Gasteiger partial charge in [0.1, 0.15) is 11.8 Å². The van der Waals surface area contributed by atoms with E-state index in [1.54, 1.807) is 18.0 Å². The van der Waals surface area contributed by atoms with E-state index in [2.05, 4.69) is 5.10 Å². The number of methoxy groups -OCH3 is 1. The fourth-order valence-corrected chi connectivity index (χ4v) is 2.88. The van der Waals surface area contributed by atoms with E-state index in [0.29, 0.717) is 24.3 Å². The molecule has 1 atom stereocenters. The van der Waals surface area contributed by atoms with E-state index >= 15 is 0 Å². The van der Waals surface area contributed by atoms with Crippen molar-refractivity contribution in [3.63, 3.8) is 0 Å². The third-order valence-electron chi connectivity index (χ3n) is 4.00. The lowest BCUT2D eigenvalue weighted by Crippen LogP contribution is -2.39. The molecule has 0 radical (unpaired) electrons. The number of nitrogens with zero attached hydrogens (tertiary/aromatic N) is 2. The van der Waals surface area contributed by atoms with Gasteiger partial charge in [0.05, 0.1) is 18.9 Å². The molecule has 0 saturated heterocycles. The molecule has 0 aliphatic heterocycles. The van der Waals surface area contributed by atoms with E-state index in [0.717, 1.165) is 19.3 Å². The van der Waals surface area contributed by atoms with Crippen molar-refractivity contribution in [2.75, 3.05) is 7.11 Å². The number of aliphatic hydroxyl groups excluding tert-OH is 1. The zero-order chi connectivity index (χ0) is 14.0. The molecule has 0 bridgehead atoms. The molecular weight excluding hydrogens is 244 g/mol. The highest BCUT2D eigenvalue weighted by Crippen LogP contribution is 2.41. The van der Waals surface area contributed by atoms with Crippen LogP contribution in [0.4, 0.5) is 0 Å². The minimum absolute atomic E-state index is 0.112. The second-order valence-corrected chi connectivity index (χ2v) is 5.70. The Morgan fingerprint density at radius 1 is 1.32 bits per heavy atom. The number of aromatic nitrogens is 2. The van der Waals surface area contributed by atoms with E-state index in [9.17, 15) is 10.2 Å². The van der Waals surface area contributed by atoms with Gasteiger partial charge in [0.2, 0.25) is 0 Å². The molecule has 0 amide bonds. The van der Waals surface area contributed by atoms with Gasteiger partial charge in [-0.2, -0.15) is 5.10 Å². The van der Waals surface area contributed by atoms with Crippen LogP contribution in [0.5, 0.6) is 5.75 Å². The predicted molar refractivity (Wildman–Crippen MR) is 72.2 cm³/mol. The Labute approximate surface area is 114 Å². The summed E-state index contributed by atoms with van der Waals surface area (Å²) in [6.07, 6.45) is 4.92. The summed E-state index contributed by atoms with van der Waals surface area (Å²) in [4.78, 5) is 0. The van der Waals surface area contributed by atoms with Crippen molar-refractivity contribution in [2.24, 2.45) is 0 Å². The normalized spacial score (nSPS) is 20.5. The topological polar surface area (TPSA) is 67.5 Å². The molecule has 1 unspecified atom stereocenters. The van der Waals surface area contributed by atoms with Gasteiger partial charge < -0.3 is 14.9 Å². The van der Waals surface area contributed by atoms with Crippen molar-refractivity contribution >= 4 is 0 Å². The molecule has 1 aromatic heterocycles. The standard InChI is InChI=1S/C14H24N2O3/c1-10(2)16-12(11(19-3)9-15-16)13(17)14(18)7-5-4-6-8-14/h9-10,13,17-18H,4-8H2,1-3H3. The zero-order valence-corrected chi connectivity index (χ0v) is 12.0. The predicted octanol–water partition coefficient (Wildman–Crippen LogP) is 2.20. The van der Waals surface area contributed by atoms with Gasteiger partial charge in [-0.1, -0.05) is 19.3 Å². The molecule has 1 aromatic rings. The summed E-state index contributed by atoms with van der Waals surface area (Å²) in [5.74, 6) is 0.542. The van der Waals surface area contributed by atoms with Crippen LogP contribution in [0.3, 0.4) is 0 Å². The fourth-order valence-electron chi connectivity index (χ4n) is 2.88. The average molecular weight is 268 g/mol. The van der Waals surface area contributed by atoms with E-state index < -0.39 is 11.7 Å². The molecule has 1 fully saturated rings. The number of rotatable bonds is 4. The highest BCUT2D eigenvalue weighted by molar-refractivity contribution is 5.29. The van der Waals surface area contributed by atoms with E-state index in [4.69, 9.17) is 4.74 Å². The zero-order valence-electron chi connectivity index (χ0n) is 12.0. The van der Waals surface area contributed by atoms with Crippen LogP contribution in [0.2, 0.25) is 0 Å². The first-order chi connectivity index (χ1) is 8.99. The first-order valence-corrected chi connectivity index (χ1v) is 7.01. The van der Waals surface area contributed by atoms with Gasteiger partial charge >= 0.3 is 0 Å². The number of hydrogen-bond donors (Lipinski definition) is 2. The minimum atomic E-state index is -1.06. The monoisotopic (exact) mass is 268 g/mol. The van der Waals surface area contributed by atoms with E-state index in [1.807, 2.05) is 13.8 Å². The van der Waals surface area contributed by atoms with E-state index in [1.165, 1.54) is 0 Å². The van der Waals surface area contributed by atoms with Crippen molar-refractivity contribution in [2.45, 2.75) is 63.7 Å². The third-order valence-corrected chi connectivity index (χ3v) is 4.00. The summed E-state index contributed by atoms with van der Waals surface area (Å²) in [6.45, 7) is 3.99.